The van der Waals surface area contributed by atoms with Crippen LogP contribution in [0.5, 0.6) is 0 Å². The van der Waals surface area contributed by atoms with Crippen LogP contribution in [0.15, 0.2) is 91.0 Å². The van der Waals surface area contributed by atoms with E-state index in [2.05, 4.69) is 0 Å². The van der Waals surface area contributed by atoms with Crippen LogP contribution in [0.1, 0.15) is 23.6 Å². The third-order valence-electron chi connectivity index (χ3n) is 4.62. The minimum Gasteiger partial charge on any atom is -0.361 e. The molecule has 3 aromatic rings. The Morgan fingerprint density at radius 3 is 1.46 bits per heavy atom. The van der Waals surface area contributed by atoms with Crippen LogP contribution in [-0.4, -0.2) is 25.3 Å². The molecule has 0 amide bonds. The van der Waals surface area contributed by atoms with Gasteiger partial charge in [0.25, 0.3) is 10.1 Å². The highest BCUT2D eigenvalue weighted by Crippen LogP contribution is 2.40. The van der Waals surface area contributed by atoms with Crippen molar-refractivity contribution in [3.8, 4) is 0 Å². The van der Waals surface area contributed by atoms with Gasteiger partial charge >= 0.3 is 0 Å². The Morgan fingerprint density at radius 2 is 1.14 bits per heavy atom. The van der Waals surface area contributed by atoms with Gasteiger partial charge in [-0.05, 0) is 22.6 Å². The first-order valence-corrected chi connectivity index (χ1v) is 10.8. The Kier molecular flexibility index (Phi) is 6.29. The molecule has 1 atom stereocenters. The monoisotopic (exact) mass is 396 g/mol. The molecule has 0 radical (unpaired) electrons. The van der Waals surface area contributed by atoms with Gasteiger partial charge in [-0.15, -0.1) is 0 Å². The SMILES string of the molecule is CC(COC(c1ccccc1)(c1ccccc1)c1ccccc1)CS(=O)(=O)O. The maximum absolute atomic E-state index is 11.3. The number of benzene rings is 3. The third-order valence-corrected chi connectivity index (χ3v) is 5.61. The molecule has 0 fully saturated rings. The molecule has 0 aromatic heterocycles. The van der Waals surface area contributed by atoms with Gasteiger partial charge in [0, 0.05) is 0 Å². The van der Waals surface area contributed by atoms with Crippen molar-refractivity contribution in [2.45, 2.75) is 12.5 Å². The minimum absolute atomic E-state index is 0.165. The van der Waals surface area contributed by atoms with Gasteiger partial charge in [0.05, 0.1) is 12.4 Å². The van der Waals surface area contributed by atoms with E-state index in [1.165, 1.54) is 0 Å². The maximum Gasteiger partial charge on any atom is 0.265 e. The van der Waals surface area contributed by atoms with E-state index in [9.17, 15) is 13.0 Å². The fourth-order valence-electron chi connectivity index (χ4n) is 3.44. The van der Waals surface area contributed by atoms with Crippen molar-refractivity contribution in [1.82, 2.24) is 0 Å². The van der Waals surface area contributed by atoms with Gasteiger partial charge in [-0.3, -0.25) is 4.55 Å². The third kappa shape index (κ3) is 4.68. The topological polar surface area (TPSA) is 63.6 Å². The molecule has 0 heterocycles. The van der Waals surface area contributed by atoms with Crippen molar-refractivity contribution >= 4 is 10.1 Å². The predicted molar refractivity (Wildman–Crippen MR) is 111 cm³/mol. The van der Waals surface area contributed by atoms with E-state index in [1.807, 2.05) is 91.0 Å². The molecule has 0 aliphatic heterocycles. The van der Waals surface area contributed by atoms with Crippen LogP contribution in [0.25, 0.3) is 0 Å². The van der Waals surface area contributed by atoms with Gasteiger partial charge in [-0.1, -0.05) is 97.9 Å². The number of hydrogen-bond acceptors (Lipinski definition) is 3. The first-order chi connectivity index (χ1) is 13.4. The average Bonchev–Trinajstić information content (AvgIpc) is 2.70. The zero-order valence-electron chi connectivity index (χ0n) is 15.7. The Morgan fingerprint density at radius 1 is 0.786 bits per heavy atom. The number of ether oxygens (including phenoxy) is 1. The second kappa shape index (κ2) is 8.69. The lowest BCUT2D eigenvalue weighted by Gasteiger charge is -2.36. The van der Waals surface area contributed by atoms with Gasteiger partial charge in [-0.2, -0.15) is 8.42 Å². The second-order valence-corrected chi connectivity index (χ2v) is 8.44. The summed E-state index contributed by atoms with van der Waals surface area (Å²) < 4.78 is 38.3. The zero-order valence-corrected chi connectivity index (χ0v) is 16.5. The summed E-state index contributed by atoms with van der Waals surface area (Å²) in [5, 5.41) is 0. The smallest absolute Gasteiger partial charge is 0.265 e. The normalized spacial score (nSPS) is 13.2. The fraction of sp³-hybridized carbons (Fsp3) is 0.217. The summed E-state index contributed by atoms with van der Waals surface area (Å²) in [5.74, 6) is -0.716. The van der Waals surface area contributed by atoms with E-state index in [0.29, 0.717) is 0 Å². The van der Waals surface area contributed by atoms with Gasteiger partial charge in [-0.25, -0.2) is 0 Å². The van der Waals surface area contributed by atoms with E-state index < -0.39 is 15.7 Å². The molecule has 0 aliphatic rings. The lowest BCUT2D eigenvalue weighted by atomic mass is 9.80. The zero-order chi connectivity index (χ0) is 20.0. The van der Waals surface area contributed by atoms with E-state index >= 15 is 0 Å². The summed E-state index contributed by atoms with van der Waals surface area (Å²) in [7, 11) is -4.06. The molecule has 5 heteroatoms. The van der Waals surface area contributed by atoms with Crippen molar-refractivity contribution in [2.24, 2.45) is 5.92 Å². The highest BCUT2D eigenvalue weighted by molar-refractivity contribution is 7.85. The molecule has 4 nitrogen and oxygen atoms in total. The summed E-state index contributed by atoms with van der Waals surface area (Å²) >= 11 is 0. The Hall–Kier alpha value is -2.47. The summed E-state index contributed by atoms with van der Waals surface area (Å²) in [6.45, 7) is 1.91. The molecule has 0 spiro atoms. The summed E-state index contributed by atoms with van der Waals surface area (Å²) in [6.07, 6.45) is 0. The molecule has 0 saturated heterocycles. The van der Waals surface area contributed by atoms with Crippen LogP contribution in [0.2, 0.25) is 0 Å². The van der Waals surface area contributed by atoms with Gasteiger partial charge in [0.2, 0.25) is 0 Å². The van der Waals surface area contributed by atoms with Crippen molar-refractivity contribution in [3.63, 3.8) is 0 Å². The molecule has 3 rings (SSSR count). The summed E-state index contributed by atoms with van der Waals surface area (Å²) in [4.78, 5) is 0. The van der Waals surface area contributed by atoms with Crippen molar-refractivity contribution in [3.05, 3.63) is 108 Å². The first kappa shape index (κ1) is 20.3. The molecule has 0 saturated carbocycles. The quantitative estimate of drug-likeness (QED) is 0.449. The molecule has 1 unspecified atom stereocenters. The standard InChI is InChI=1S/C23H24O4S/c1-19(18-28(24,25)26)17-27-23(20-11-5-2-6-12-20,21-13-7-3-8-14-21)22-15-9-4-10-16-22/h2-16,19H,17-18H2,1H3,(H,24,25,26). The predicted octanol–water partition coefficient (Wildman–Crippen LogP) is 4.52. The lowest BCUT2D eigenvalue weighted by molar-refractivity contribution is -0.00203. The average molecular weight is 397 g/mol. The molecular weight excluding hydrogens is 372 g/mol. The molecule has 28 heavy (non-hydrogen) atoms. The molecule has 0 bridgehead atoms. The Bertz CT molecular complexity index is 874. The fourth-order valence-corrected chi connectivity index (χ4v) is 4.26. The van der Waals surface area contributed by atoms with Crippen LogP contribution in [0, 0.1) is 5.92 Å². The highest BCUT2D eigenvalue weighted by Gasteiger charge is 2.38. The molecule has 3 aromatic carbocycles. The van der Waals surface area contributed by atoms with Crippen molar-refractivity contribution in [2.75, 3.05) is 12.4 Å². The largest absolute Gasteiger partial charge is 0.361 e. The summed E-state index contributed by atoms with van der Waals surface area (Å²) in [6, 6.07) is 29.6. The van der Waals surface area contributed by atoms with Crippen molar-refractivity contribution < 1.29 is 17.7 Å². The molecule has 146 valence electrons. The summed E-state index contributed by atoms with van der Waals surface area (Å²) in [5.41, 5.74) is 1.96. The number of rotatable bonds is 8. The second-order valence-electron chi connectivity index (χ2n) is 6.94. The van der Waals surface area contributed by atoms with Gasteiger partial charge in [0.1, 0.15) is 5.60 Å². The Balaban J connectivity index is 2.11. The van der Waals surface area contributed by atoms with Gasteiger partial charge in [0.15, 0.2) is 0 Å². The minimum atomic E-state index is -4.06. The lowest BCUT2D eigenvalue weighted by Crippen LogP contribution is -2.35. The van der Waals surface area contributed by atoms with Gasteiger partial charge < -0.3 is 4.74 Å². The van der Waals surface area contributed by atoms with E-state index in [1.54, 1.807) is 6.92 Å². The van der Waals surface area contributed by atoms with Crippen LogP contribution in [0.4, 0.5) is 0 Å². The van der Waals surface area contributed by atoms with Crippen LogP contribution in [-0.2, 0) is 20.5 Å². The molecular formula is C23H24O4S. The maximum atomic E-state index is 11.3. The van der Waals surface area contributed by atoms with E-state index in [0.717, 1.165) is 16.7 Å². The number of hydrogen-bond donors (Lipinski definition) is 1. The van der Waals surface area contributed by atoms with Crippen molar-refractivity contribution in [1.29, 1.82) is 0 Å². The van der Waals surface area contributed by atoms with E-state index in [4.69, 9.17) is 4.74 Å². The first-order valence-electron chi connectivity index (χ1n) is 9.17. The molecule has 1 N–H and O–H groups in total. The van der Waals surface area contributed by atoms with Crippen LogP contribution < -0.4 is 0 Å². The van der Waals surface area contributed by atoms with Crippen LogP contribution >= 0.6 is 0 Å². The van der Waals surface area contributed by atoms with E-state index in [-0.39, 0.29) is 18.3 Å². The highest BCUT2D eigenvalue weighted by atomic mass is 32.2. The molecule has 0 aliphatic carbocycles. The Labute approximate surface area is 166 Å². The van der Waals surface area contributed by atoms with Crippen LogP contribution in [0.3, 0.4) is 0 Å².